The van der Waals surface area contributed by atoms with Gasteiger partial charge in [-0.1, -0.05) is 36.4 Å². The van der Waals surface area contributed by atoms with Crippen LogP contribution < -0.4 is 0 Å². The van der Waals surface area contributed by atoms with Crippen LogP contribution in [0.5, 0.6) is 0 Å². The topological polar surface area (TPSA) is 29.4 Å². The average molecular weight is 367 g/mol. The molecule has 18 heavy (non-hydrogen) atoms. The molecule has 0 saturated heterocycles. The molecule has 0 aliphatic carbocycles. The van der Waals surface area contributed by atoms with Gasteiger partial charge in [0.1, 0.15) is 9.73 Å². The van der Waals surface area contributed by atoms with Crippen molar-refractivity contribution in [3.05, 3.63) is 63.1 Å². The maximum atomic E-state index is 13.1. The minimum absolute atomic E-state index is 0.764. The Hall–Kier alpha value is -1.14. The van der Waals surface area contributed by atoms with Crippen LogP contribution in [0.1, 0.15) is 5.56 Å². The molecule has 2 nitrogen and oxygen atoms in total. The predicted octanol–water partition coefficient (Wildman–Crippen LogP) is 4.59. The van der Waals surface area contributed by atoms with E-state index in [9.17, 15) is 4.21 Å². The van der Waals surface area contributed by atoms with Crippen molar-refractivity contribution in [3.8, 4) is 0 Å². The number of benzene rings is 2. The Morgan fingerprint density at radius 3 is 2.39 bits per heavy atom. The van der Waals surface area contributed by atoms with E-state index in [1.54, 1.807) is 0 Å². The molecule has 1 aliphatic rings. The van der Waals surface area contributed by atoms with Gasteiger partial charge < -0.3 is 0 Å². The first kappa shape index (κ1) is 11.9. The highest BCUT2D eigenvalue weighted by Gasteiger charge is 2.21. The van der Waals surface area contributed by atoms with E-state index in [0.29, 0.717) is 0 Å². The van der Waals surface area contributed by atoms with Gasteiger partial charge in [0, 0.05) is 5.56 Å². The largest absolute Gasteiger partial charge is 0.239 e. The van der Waals surface area contributed by atoms with E-state index in [2.05, 4.69) is 27.0 Å². The highest BCUT2D eigenvalue weighted by Crippen LogP contribution is 2.38. The fourth-order valence-electron chi connectivity index (χ4n) is 1.85. The molecule has 2 aromatic rings. The molecule has 1 aliphatic heterocycles. The zero-order chi connectivity index (χ0) is 12.6. The Labute approximate surface area is 120 Å². The van der Waals surface area contributed by atoms with Crippen molar-refractivity contribution in [1.82, 2.24) is 0 Å². The Morgan fingerprint density at radius 1 is 0.944 bits per heavy atom. The standard InChI is InChI=1S/C14H10INOS/c15-14-10-11-6-4-5-9-13(11)16-18(14,17)12-7-2-1-3-8-12/h1-10H. The molecule has 0 aromatic heterocycles. The summed E-state index contributed by atoms with van der Waals surface area (Å²) in [5.74, 6) is 0. The second-order valence-electron chi connectivity index (χ2n) is 3.94. The highest BCUT2D eigenvalue weighted by atomic mass is 127. The molecule has 0 amide bonds. The van der Waals surface area contributed by atoms with E-state index in [4.69, 9.17) is 0 Å². The summed E-state index contributed by atoms with van der Waals surface area (Å²) in [6, 6.07) is 17.2. The van der Waals surface area contributed by atoms with E-state index in [0.717, 1.165) is 19.1 Å². The molecule has 0 N–H and O–H groups in total. The van der Waals surface area contributed by atoms with Gasteiger partial charge in [-0.05, 0) is 46.9 Å². The molecule has 3 rings (SSSR count). The second-order valence-corrected chi connectivity index (χ2v) is 7.98. The number of halogens is 1. The van der Waals surface area contributed by atoms with Gasteiger partial charge in [-0.25, -0.2) is 4.21 Å². The molecule has 1 unspecified atom stereocenters. The summed E-state index contributed by atoms with van der Waals surface area (Å²) in [5, 5.41) is 0. The number of nitrogens with zero attached hydrogens (tertiary/aromatic N) is 1. The fraction of sp³-hybridized carbons (Fsp3) is 0. The molecule has 0 radical (unpaired) electrons. The van der Waals surface area contributed by atoms with Crippen LogP contribution in [0.25, 0.3) is 6.08 Å². The first-order chi connectivity index (χ1) is 8.70. The molecule has 1 atom stereocenters. The van der Waals surface area contributed by atoms with Crippen LogP contribution in [-0.2, 0) is 9.73 Å². The molecule has 90 valence electrons. The monoisotopic (exact) mass is 367 g/mol. The smallest absolute Gasteiger partial charge is 0.115 e. The van der Waals surface area contributed by atoms with Crippen molar-refractivity contribution in [2.24, 2.45) is 4.36 Å². The summed E-state index contributed by atoms with van der Waals surface area (Å²) in [6.45, 7) is 0. The zero-order valence-corrected chi connectivity index (χ0v) is 12.4. The minimum atomic E-state index is -2.49. The lowest BCUT2D eigenvalue weighted by molar-refractivity contribution is 0.682. The third kappa shape index (κ3) is 1.89. The second kappa shape index (κ2) is 4.51. The van der Waals surface area contributed by atoms with Crippen molar-refractivity contribution in [2.75, 3.05) is 0 Å². The van der Waals surface area contributed by atoms with Crippen molar-refractivity contribution in [3.63, 3.8) is 0 Å². The van der Waals surface area contributed by atoms with Crippen LogP contribution in [0, 0.1) is 0 Å². The molecule has 0 saturated carbocycles. The number of hydrogen-bond donors (Lipinski definition) is 0. The van der Waals surface area contributed by atoms with E-state index in [1.165, 1.54) is 0 Å². The van der Waals surface area contributed by atoms with E-state index in [1.807, 2.05) is 60.7 Å². The van der Waals surface area contributed by atoms with Crippen LogP contribution in [0.2, 0.25) is 0 Å². The normalized spacial score (nSPS) is 21.7. The molecule has 0 bridgehead atoms. The van der Waals surface area contributed by atoms with Crippen LogP contribution >= 0.6 is 22.6 Å². The molecule has 2 aromatic carbocycles. The van der Waals surface area contributed by atoms with Gasteiger partial charge in [-0.2, -0.15) is 4.36 Å². The van der Waals surface area contributed by atoms with Crippen LogP contribution in [0.15, 0.2) is 66.8 Å². The molecule has 1 heterocycles. The molecule has 0 fully saturated rings. The van der Waals surface area contributed by atoms with Crippen molar-refractivity contribution < 1.29 is 4.21 Å². The van der Waals surface area contributed by atoms with Crippen molar-refractivity contribution in [1.29, 1.82) is 0 Å². The van der Waals surface area contributed by atoms with Crippen molar-refractivity contribution in [2.45, 2.75) is 4.90 Å². The number of fused-ring (bicyclic) bond motifs is 1. The highest BCUT2D eigenvalue weighted by molar-refractivity contribution is 14.1. The van der Waals surface area contributed by atoms with E-state index in [-0.39, 0.29) is 0 Å². The zero-order valence-electron chi connectivity index (χ0n) is 9.42. The maximum Gasteiger partial charge on any atom is 0.115 e. The minimum Gasteiger partial charge on any atom is -0.239 e. The average Bonchev–Trinajstić information content (AvgIpc) is 2.41. The summed E-state index contributed by atoms with van der Waals surface area (Å²) in [7, 11) is -2.49. The third-order valence-electron chi connectivity index (χ3n) is 2.76. The lowest BCUT2D eigenvalue weighted by Gasteiger charge is -2.15. The predicted molar refractivity (Wildman–Crippen MR) is 83.4 cm³/mol. The van der Waals surface area contributed by atoms with Crippen LogP contribution in [-0.4, -0.2) is 4.21 Å². The Morgan fingerprint density at radius 2 is 1.61 bits per heavy atom. The number of hydrogen-bond acceptors (Lipinski definition) is 2. The summed E-state index contributed by atoms with van der Waals surface area (Å²) in [4.78, 5) is 0.764. The molecular formula is C14H10INOS. The van der Waals surface area contributed by atoms with E-state index >= 15 is 0 Å². The van der Waals surface area contributed by atoms with Gasteiger partial charge in [0.25, 0.3) is 0 Å². The number of rotatable bonds is 1. The van der Waals surface area contributed by atoms with Gasteiger partial charge in [-0.15, -0.1) is 0 Å². The summed E-state index contributed by atoms with van der Waals surface area (Å²) >= 11 is 2.13. The molecule has 0 spiro atoms. The Balaban J connectivity index is 2.30. The van der Waals surface area contributed by atoms with Gasteiger partial charge in [-0.3, -0.25) is 0 Å². The third-order valence-corrected chi connectivity index (χ3v) is 6.87. The summed E-state index contributed by atoms with van der Waals surface area (Å²) in [6.07, 6.45) is 1.96. The van der Waals surface area contributed by atoms with Crippen LogP contribution in [0.4, 0.5) is 5.69 Å². The van der Waals surface area contributed by atoms with Gasteiger partial charge >= 0.3 is 0 Å². The lowest BCUT2D eigenvalue weighted by Crippen LogP contribution is -2.03. The SMILES string of the molecule is O=S1(c2ccccc2)=Nc2ccccc2C=C1I. The quantitative estimate of drug-likeness (QED) is 0.678. The summed E-state index contributed by atoms with van der Waals surface area (Å²) < 4.78 is 18.3. The van der Waals surface area contributed by atoms with E-state index < -0.39 is 9.73 Å². The van der Waals surface area contributed by atoms with Gasteiger partial charge in [0.15, 0.2) is 0 Å². The Kier molecular flexibility index (Phi) is 2.99. The maximum absolute atomic E-state index is 13.1. The first-order valence-electron chi connectivity index (χ1n) is 5.49. The lowest BCUT2D eigenvalue weighted by atomic mass is 10.2. The summed E-state index contributed by atoms with van der Waals surface area (Å²) in [5.41, 5.74) is 1.82. The molecular weight excluding hydrogens is 357 g/mol. The van der Waals surface area contributed by atoms with Crippen LogP contribution in [0.3, 0.4) is 0 Å². The van der Waals surface area contributed by atoms with Crippen molar-refractivity contribution >= 4 is 44.1 Å². The fourth-order valence-corrected chi connectivity index (χ4v) is 4.91. The Bertz CT molecular complexity index is 743. The molecule has 4 heteroatoms. The van der Waals surface area contributed by atoms with Gasteiger partial charge in [0.05, 0.1) is 13.5 Å². The van der Waals surface area contributed by atoms with Gasteiger partial charge in [0.2, 0.25) is 0 Å². The first-order valence-corrected chi connectivity index (χ1v) is 8.08.